The fourth-order valence-corrected chi connectivity index (χ4v) is 4.47. The Morgan fingerprint density at radius 1 is 0.875 bits per heavy atom. The van der Waals surface area contributed by atoms with Gasteiger partial charge < -0.3 is 10.1 Å². The molecule has 3 aromatic carbocycles. The Labute approximate surface area is 189 Å². The van der Waals surface area contributed by atoms with Crippen LogP contribution >= 0.6 is 0 Å². The Bertz CT molecular complexity index is 1090. The van der Waals surface area contributed by atoms with Gasteiger partial charge in [0.2, 0.25) is 15.9 Å². The summed E-state index contributed by atoms with van der Waals surface area (Å²) in [5, 5.41) is 2.87. The van der Waals surface area contributed by atoms with Gasteiger partial charge in [-0.05, 0) is 55.2 Å². The first-order valence-electron chi connectivity index (χ1n) is 10.6. The van der Waals surface area contributed by atoms with Crippen molar-refractivity contribution in [3.63, 3.8) is 0 Å². The normalized spacial score (nSPS) is 12.2. The molecule has 1 unspecified atom stereocenters. The highest BCUT2D eigenvalue weighted by Gasteiger charge is 2.26. The minimum Gasteiger partial charge on any atom is -0.494 e. The molecule has 3 aromatic rings. The lowest BCUT2D eigenvalue weighted by atomic mass is 10.1. The summed E-state index contributed by atoms with van der Waals surface area (Å²) in [7, 11) is -3.90. The van der Waals surface area contributed by atoms with Crippen LogP contribution in [-0.2, 0) is 27.7 Å². The average molecular weight is 453 g/mol. The lowest BCUT2D eigenvalue weighted by Gasteiger charge is -2.19. The monoisotopic (exact) mass is 452 g/mol. The van der Waals surface area contributed by atoms with Gasteiger partial charge in [-0.25, -0.2) is 8.42 Å². The molecule has 0 bridgehead atoms. The molecular weight excluding hydrogens is 424 g/mol. The van der Waals surface area contributed by atoms with Crippen LogP contribution in [0.1, 0.15) is 18.1 Å². The van der Waals surface area contributed by atoms with Gasteiger partial charge >= 0.3 is 0 Å². The van der Waals surface area contributed by atoms with Crippen molar-refractivity contribution in [2.24, 2.45) is 0 Å². The van der Waals surface area contributed by atoms with Crippen LogP contribution in [0.15, 0.2) is 89.8 Å². The van der Waals surface area contributed by atoms with Crippen LogP contribution in [0.5, 0.6) is 5.75 Å². The Hall–Kier alpha value is -3.16. The maximum atomic E-state index is 13.0. The van der Waals surface area contributed by atoms with Gasteiger partial charge in [-0.1, -0.05) is 60.7 Å². The number of carbonyl (C=O) groups is 1. The highest BCUT2D eigenvalue weighted by atomic mass is 32.2. The number of hydrogen-bond acceptors (Lipinski definition) is 4. The van der Waals surface area contributed by atoms with Crippen LogP contribution in [0, 0.1) is 0 Å². The van der Waals surface area contributed by atoms with Crippen molar-refractivity contribution in [1.29, 1.82) is 0 Å². The van der Waals surface area contributed by atoms with E-state index in [1.54, 1.807) is 12.1 Å². The lowest BCUT2D eigenvalue weighted by molar-refractivity contribution is -0.122. The molecular formula is C25H28N2O4S. The number of amides is 1. The van der Waals surface area contributed by atoms with E-state index >= 15 is 0 Å². The lowest BCUT2D eigenvalue weighted by Crippen LogP contribution is -2.48. The van der Waals surface area contributed by atoms with E-state index in [0.29, 0.717) is 25.3 Å². The third-order valence-corrected chi connectivity index (χ3v) is 6.38. The molecule has 0 fully saturated rings. The zero-order valence-corrected chi connectivity index (χ0v) is 18.8. The zero-order chi connectivity index (χ0) is 22.8. The molecule has 0 saturated carbocycles. The van der Waals surface area contributed by atoms with Gasteiger partial charge in [0.1, 0.15) is 11.8 Å². The average Bonchev–Trinajstić information content (AvgIpc) is 2.80. The van der Waals surface area contributed by atoms with Gasteiger partial charge in [0.15, 0.2) is 0 Å². The molecule has 0 aliphatic heterocycles. The van der Waals surface area contributed by atoms with Crippen LogP contribution in [0.2, 0.25) is 0 Å². The molecule has 1 atom stereocenters. The van der Waals surface area contributed by atoms with Crippen LogP contribution in [-0.4, -0.2) is 33.5 Å². The van der Waals surface area contributed by atoms with Gasteiger partial charge in [0, 0.05) is 6.54 Å². The minimum atomic E-state index is -3.90. The highest BCUT2D eigenvalue weighted by Crippen LogP contribution is 2.17. The van der Waals surface area contributed by atoms with Gasteiger partial charge in [0.25, 0.3) is 0 Å². The molecule has 32 heavy (non-hydrogen) atoms. The smallest absolute Gasteiger partial charge is 0.241 e. The number of rotatable bonds is 11. The van der Waals surface area contributed by atoms with Gasteiger partial charge in [0.05, 0.1) is 11.5 Å². The van der Waals surface area contributed by atoms with Crippen LogP contribution < -0.4 is 14.8 Å². The van der Waals surface area contributed by atoms with Crippen LogP contribution in [0.3, 0.4) is 0 Å². The molecule has 0 aromatic heterocycles. The summed E-state index contributed by atoms with van der Waals surface area (Å²) in [6.45, 7) is 2.77. The SMILES string of the molecule is CCOc1ccc(S(=O)(=O)NC(Cc2ccccc2)C(=O)NCCc2ccccc2)cc1. The number of carbonyl (C=O) groups excluding carboxylic acids is 1. The first-order chi connectivity index (χ1) is 15.5. The van der Waals surface area contributed by atoms with E-state index in [2.05, 4.69) is 10.0 Å². The van der Waals surface area contributed by atoms with E-state index in [0.717, 1.165) is 11.1 Å². The number of ether oxygens (including phenoxy) is 1. The molecule has 0 spiro atoms. The molecule has 7 heteroatoms. The standard InChI is InChI=1S/C25H28N2O4S/c1-2-31-22-13-15-23(16-14-22)32(29,30)27-24(19-21-11-7-4-8-12-21)25(28)26-18-17-20-9-5-3-6-10-20/h3-16,24,27H,2,17-19H2,1H3,(H,26,28). The topological polar surface area (TPSA) is 84.5 Å². The predicted octanol–water partition coefficient (Wildman–Crippen LogP) is 3.33. The Morgan fingerprint density at radius 3 is 2.06 bits per heavy atom. The number of nitrogens with one attached hydrogen (secondary N) is 2. The van der Waals surface area contributed by atoms with E-state index in [1.807, 2.05) is 67.6 Å². The molecule has 2 N–H and O–H groups in total. The molecule has 0 aliphatic carbocycles. The highest BCUT2D eigenvalue weighted by molar-refractivity contribution is 7.89. The summed E-state index contributed by atoms with van der Waals surface area (Å²) < 4.78 is 33.9. The summed E-state index contributed by atoms with van der Waals surface area (Å²) in [5.41, 5.74) is 1.97. The molecule has 168 valence electrons. The van der Waals surface area contributed by atoms with Crippen molar-refractivity contribution < 1.29 is 17.9 Å². The van der Waals surface area contributed by atoms with Crippen molar-refractivity contribution in [3.8, 4) is 5.75 Å². The zero-order valence-electron chi connectivity index (χ0n) is 18.0. The van der Waals surface area contributed by atoms with Gasteiger partial charge in [-0.3, -0.25) is 4.79 Å². The Morgan fingerprint density at radius 2 is 1.47 bits per heavy atom. The summed E-state index contributed by atoms with van der Waals surface area (Å²) in [6, 6.07) is 24.4. The first-order valence-corrected chi connectivity index (χ1v) is 12.1. The van der Waals surface area contributed by atoms with Crippen molar-refractivity contribution in [2.45, 2.75) is 30.7 Å². The van der Waals surface area contributed by atoms with Crippen LogP contribution in [0.25, 0.3) is 0 Å². The number of hydrogen-bond donors (Lipinski definition) is 2. The third kappa shape index (κ3) is 6.93. The van der Waals surface area contributed by atoms with E-state index in [-0.39, 0.29) is 17.2 Å². The second-order valence-corrected chi connectivity index (χ2v) is 9.01. The van der Waals surface area contributed by atoms with E-state index < -0.39 is 16.1 Å². The Balaban J connectivity index is 1.71. The van der Waals surface area contributed by atoms with Gasteiger partial charge in [-0.15, -0.1) is 0 Å². The molecule has 0 aliphatic rings. The maximum Gasteiger partial charge on any atom is 0.241 e. The van der Waals surface area contributed by atoms with Crippen molar-refractivity contribution >= 4 is 15.9 Å². The largest absolute Gasteiger partial charge is 0.494 e. The molecule has 3 rings (SSSR count). The minimum absolute atomic E-state index is 0.0797. The molecule has 0 radical (unpaired) electrons. The molecule has 0 saturated heterocycles. The second-order valence-electron chi connectivity index (χ2n) is 7.29. The maximum absolute atomic E-state index is 13.0. The summed E-state index contributed by atoms with van der Waals surface area (Å²) in [4.78, 5) is 13.0. The number of benzene rings is 3. The summed E-state index contributed by atoms with van der Waals surface area (Å²) in [6.07, 6.45) is 0.907. The summed E-state index contributed by atoms with van der Waals surface area (Å²) >= 11 is 0. The molecule has 0 heterocycles. The summed E-state index contributed by atoms with van der Waals surface area (Å²) in [5.74, 6) is 0.227. The predicted molar refractivity (Wildman–Crippen MR) is 125 cm³/mol. The Kier molecular flexibility index (Phi) is 8.41. The van der Waals surface area contributed by atoms with Crippen molar-refractivity contribution in [1.82, 2.24) is 10.0 Å². The second kappa shape index (κ2) is 11.5. The van der Waals surface area contributed by atoms with Crippen molar-refractivity contribution in [2.75, 3.05) is 13.2 Å². The number of sulfonamides is 1. The third-order valence-electron chi connectivity index (χ3n) is 4.90. The van der Waals surface area contributed by atoms with Crippen molar-refractivity contribution in [3.05, 3.63) is 96.1 Å². The van der Waals surface area contributed by atoms with E-state index in [9.17, 15) is 13.2 Å². The van der Waals surface area contributed by atoms with E-state index in [1.165, 1.54) is 12.1 Å². The molecule has 6 nitrogen and oxygen atoms in total. The fourth-order valence-electron chi connectivity index (χ4n) is 3.27. The molecule has 1 amide bonds. The van der Waals surface area contributed by atoms with Crippen LogP contribution in [0.4, 0.5) is 0 Å². The van der Waals surface area contributed by atoms with E-state index in [4.69, 9.17) is 4.74 Å². The quantitative estimate of drug-likeness (QED) is 0.467. The van der Waals surface area contributed by atoms with Gasteiger partial charge in [-0.2, -0.15) is 4.72 Å². The first kappa shape index (κ1) is 23.5. The fraction of sp³-hybridized carbons (Fsp3) is 0.240.